The zero-order valence-corrected chi connectivity index (χ0v) is 14.5. The van der Waals surface area contributed by atoms with Crippen molar-refractivity contribution in [2.24, 2.45) is 5.92 Å². The van der Waals surface area contributed by atoms with Gasteiger partial charge in [-0.15, -0.1) is 0 Å². The first kappa shape index (κ1) is 16.7. The highest BCUT2D eigenvalue weighted by Gasteiger charge is 2.24. The van der Waals surface area contributed by atoms with Crippen molar-refractivity contribution < 1.29 is 4.79 Å². The lowest BCUT2D eigenvalue weighted by Gasteiger charge is -2.27. The van der Waals surface area contributed by atoms with Crippen molar-refractivity contribution in [1.29, 1.82) is 0 Å². The molecule has 0 unspecified atom stereocenters. The summed E-state index contributed by atoms with van der Waals surface area (Å²) in [6.45, 7) is 5.79. The Morgan fingerprint density at radius 2 is 1.96 bits per heavy atom. The molecule has 3 rings (SSSR count). The predicted molar refractivity (Wildman–Crippen MR) is 98.7 cm³/mol. The molecule has 0 aliphatic carbocycles. The molecule has 2 N–H and O–H groups in total. The predicted octanol–water partition coefficient (Wildman–Crippen LogP) is 3.67. The summed E-state index contributed by atoms with van der Waals surface area (Å²) in [5, 5.41) is 6.48. The fraction of sp³-hybridized carbons (Fsp3) is 0.381. The number of piperidine rings is 1. The molecule has 1 saturated heterocycles. The number of nitrogens with one attached hydrogen (secondary N) is 2. The molecule has 24 heavy (non-hydrogen) atoms. The Bertz CT molecular complexity index is 693. The largest absolute Gasteiger partial charge is 0.352 e. The Hall–Kier alpha value is -2.13. The summed E-state index contributed by atoms with van der Waals surface area (Å²) in [5.74, 6) is 0.332. The van der Waals surface area contributed by atoms with Gasteiger partial charge in [-0.05, 0) is 49.9 Å². The van der Waals surface area contributed by atoms with E-state index in [1.54, 1.807) is 0 Å². The first-order chi connectivity index (χ1) is 11.6. The maximum atomic E-state index is 12.3. The summed E-state index contributed by atoms with van der Waals surface area (Å²) in [4.78, 5) is 12.3. The molecule has 0 aromatic heterocycles. The van der Waals surface area contributed by atoms with Crippen LogP contribution in [0.1, 0.15) is 30.9 Å². The zero-order valence-electron chi connectivity index (χ0n) is 14.5. The molecular formula is C21H26N2O. The van der Waals surface area contributed by atoms with Gasteiger partial charge in [0.25, 0.3) is 0 Å². The number of carbonyl (C=O) groups excluding carboxylic acids is 1. The van der Waals surface area contributed by atoms with E-state index in [1.807, 2.05) is 0 Å². The second-order valence-corrected chi connectivity index (χ2v) is 6.86. The quantitative estimate of drug-likeness (QED) is 0.902. The number of benzene rings is 2. The molecule has 0 bridgehead atoms. The maximum Gasteiger partial charge on any atom is 0.223 e. The fourth-order valence-corrected chi connectivity index (χ4v) is 3.34. The first-order valence-corrected chi connectivity index (χ1v) is 8.79. The summed E-state index contributed by atoms with van der Waals surface area (Å²) < 4.78 is 0. The van der Waals surface area contributed by atoms with E-state index in [0.29, 0.717) is 12.6 Å². The number of hydrogen-bond donors (Lipinski definition) is 2. The van der Waals surface area contributed by atoms with Gasteiger partial charge in [0.1, 0.15) is 0 Å². The average Bonchev–Trinajstić information content (AvgIpc) is 2.60. The van der Waals surface area contributed by atoms with Gasteiger partial charge in [-0.25, -0.2) is 0 Å². The second kappa shape index (κ2) is 7.63. The summed E-state index contributed by atoms with van der Waals surface area (Å²) in [5.41, 5.74) is 4.84. The Balaban J connectivity index is 1.57. The molecule has 3 nitrogen and oxygen atoms in total. The number of rotatable bonds is 4. The Kier molecular flexibility index (Phi) is 5.31. The van der Waals surface area contributed by atoms with Crippen LogP contribution in [0.25, 0.3) is 11.1 Å². The summed E-state index contributed by atoms with van der Waals surface area (Å²) in [6.07, 6.45) is 1.86. The molecule has 0 radical (unpaired) electrons. The Morgan fingerprint density at radius 1 is 1.17 bits per heavy atom. The number of hydrogen-bond acceptors (Lipinski definition) is 2. The molecular weight excluding hydrogens is 296 g/mol. The molecule has 0 saturated carbocycles. The van der Waals surface area contributed by atoms with Crippen molar-refractivity contribution in [1.82, 2.24) is 10.6 Å². The van der Waals surface area contributed by atoms with Crippen molar-refractivity contribution in [3.8, 4) is 11.1 Å². The third-order valence-electron chi connectivity index (χ3n) is 4.77. The Labute approximate surface area is 144 Å². The van der Waals surface area contributed by atoms with Crippen LogP contribution in [0.5, 0.6) is 0 Å². The van der Waals surface area contributed by atoms with Gasteiger partial charge in [0, 0.05) is 18.5 Å². The van der Waals surface area contributed by atoms with Gasteiger partial charge in [-0.1, -0.05) is 54.1 Å². The van der Waals surface area contributed by atoms with Crippen LogP contribution in [0.4, 0.5) is 0 Å². The smallest absolute Gasteiger partial charge is 0.223 e. The van der Waals surface area contributed by atoms with Crippen molar-refractivity contribution in [2.75, 3.05) is 6.54 Å². The molecule has 1 aliphatic rings. The molecule has 2 aromatic carbocycles. The zero-order chi connectivity index (χ0) is 16.9. The van der Waals surface area contributed by atoms with Gasteiger partial charge in [-0.3, -0.25) is 4.79 Å². The number of aryl methyl sites for hydroxylation is 1. The SMILES string of the molecule is Cc1cccc(-c2ccc(CNC(=O)[C@H]3CCN[C@@H](C)C3)cc2)c1. The fourth-order valence-electron chi connectivity index (χ4n) is 3.34. The minimum Gasteiger partial charge on any atom is -0.352 e. The van der Waals surface area contributed by atoms with Gasteiger partial charge < -0.3 is 10.6 Å². The minimum atomic E-state index is 0.146. The van der Waals surface area contributed by atoms with Crippen LogP contribution >= 0.6 is 0 Å². The highest BCUT2D eigenvalue weighted by Crippen LogP contribution is 2.21. The molecule has 1 heterocycles. The molecule has 2 atom stereocenters. The van der Waals surface area contributed by atoms with Crippen molar-refractivity contribution >= 4 is 5.91 Å². The minimum absolute atomic E-state index is 0.146. The van der Waals surface area contributed by atoms with Crippen LogP contribution in [-0.4, -0.2) is 18.5 Å². The molecule has 1 fully saturated rings. The highest BCUT2D eigenvalue weighted by molar-refractivity contribution is 5.78. The van der Waals surface area contributed by atoms with Crippen molar-refractivity contribution in [3.05, 3.63) is 59.7 Å². The van der Waals surface area contributed by atoms with Crippen molar-refractivity contribution in [2.45, 2.75) is 39.3 Å². The van der Waals surface area contributed by atoms with Crippen LogP contribution in [0.3, 0.4) is 0 Å². The van der Waals surface area contributed by atoms with Gasteiger partial charge >= 0.3 is 0 Å². The molecule has 0 spiro atoms. The van der Waals surface area contributed by atoms with E-state index >= 15 is 0 Å². The third kappa shape index (κ3) is 4.24. The van der Waals surface area contributed by atoms with E-state index in [-0.39, 0.29) is 11.8 Å². The lowest BCUT2D eigenvalue weighted by Crippen LogP contribution is -2.42. The van der Waals surface area contributed by atoms with E-state index in [0.717, 1.165) is 24.9 Å². The van der Waals surface area contributed by atoms with E-state index in [2.05, 4.69) is 73.0 Å². The van der Waals surface area contributed by atoms with E-state index in [4.69, 9.17) is 0 Å². The molecule has 2 aromatic rings. The average molecular weight is 322 g/mol. The van der Waals surface area contributed by atoms with Gasteiger partial charge in [0.15, 0.2) is 0 Å². The summed E-state index contributed by atoms with van der Waals surface area (Å²) in [7, 11) is 0. The van der Waals surface area contributed by atoms with Gasteiger partial charge in [0.2, 0.25) is 5.91 Å². The molecule has 126 valence electrons. The normalized spacial score (nSPS) is 20.6. The second-order valence-electron chi connectivity index (χ2n) is 6.86. The van der Waals surface area contributed by atoms with E-state index in [9.17, 15) is 4.79 Å². The maximum absolute atomic E-state index is 12.3. The van der Waals surface area contributed by atoms with E-state index in [1.165, 1.54) is 16.7 Å². The van der Waals surface area contributed by atoms with E-state index < -0.39 is 0 Å². The highest BCUT2D eigenvalue weighted by atomic mass is 16.1. The standard InChI is InChI=1S/C21H26N2O/c1-15-4-3-5-19(12-15)18-8-6-17(7-9-18)14-23-21(24)20-10-11-22-16(2)13-20/h3-9,12,16,20,22H,10-11,13-14H2,1-2H3,(H,23,24)/t16-,20-/m0/s1. The monoisotopic (exact) mass is 322 g/mol. The van der Waals surface area contributed by atoms with Crippen LogP contribution < -0.4 is 10.6 Å². The first-order valence-electron chi connectivity index (χ1n) is 8.79. The number of amides is 1. The van der Waals surface area contributed by atoms with Crippen molar-refractivity contribution in [3.63, 3.8) is 0 Å². The molecule has 1 aliphatic heterocycles. The van der Waals surface area contributed by atoms with Crippen LogP contribution in [-0.2, 0) is 11.3 Å². The lowest BCUT2D eigenvalue weighted by molar-refractivity contribution is -0.126. The molecule has 3 heteroatoms. The topological polar surface area (TPSA) is 41.1 Å². The van der Waals surface area contributed by atoms with Gasteiger partial charge in [0.05, 0.1) is 0 Å². The van der Waals surface area contributed by atoms with Crippen LogP contribution in [0, 0.1) is 12.8 Å². The lowest BCUT2D eigenvalue weighted by atomic mass is 9.92. The number of carbonyl (C=O) groups is 1. The van der Waals surface area contributed by atoms with Crippen LogP contribution in [0.15, 0.2) is 48.5 Å². The van der Waals surface area contributed by atoms with Crippen LogP contribution in [0.2, 0.25) is 0 Å². The van der Waals surface area contributed by atoms with Gasteiger partial charge in [-0.2, -0.15) is 0 Å². The third-order valence-corrected chi connectivity index (χ3v) is 4.77. The summed E-state index contributed by atoms with van der Waals surface area (Å²) in [6, 6.07) is 17.4. The summed E-state index contributed by atoms with van der Waals surface area (Å²) >= 11 is 0. The Morgan fingerprint density at radius 3 is 2.67 bits per heavy atom. The molecule has 1 amide bonds.